The maximum absolute atomic E-state index is 11.9. The summed E-state index contributed by atoms with van der Waals surface area (Å²) in [4.78, 5) is 17.6. The molecule has 1 aromatic heterocycles. The molecule has 15 heavy (non-hydrogen) atoms. The van der Waals surface area contributed by atoms with Crippen LogP contribution < -0.4 is 0 Å². The third-order valence-corrected chi connectivity index (χ3v) is 1.99. The molecule has 0 unspecified atom stereocenters. The number of amides is 1. The fraction of sp³-hybridized carbons (Fsp3) is 0.500. The van der Waals surface area contributed by atoms with Gasteiger partial charge in [0, 0.05) is 31.5 Å². The quantitative estimate of drug-likeness (QED) is 0.743. The minimum Gasteiger partial charge on any atom is -0.341 e. The van der Waals surface area contributed by atoms with Crippen molar-refractivity contribution < 1.29 is 4.79 Å². The summed E-state index contributed by atoms with van der Waals surface area (Å²) in [5.41, 5.74) is 0.814. The van der Waals surface area contributed by atoms with E-state index in [1.165, 1.54) is 0 Å². The minimum atomic E-state index is 0.0484. The highest BCUT2D eigenvalue weighted by Gasteiger charge is 2.18. The Morgan fingerprint density at radius 3 is 2.33 bits per heavy atom. The zero-order chi connectivity index (χ0) is 11.5. The lowest BCUT2D eigenvalue weighted by molar-refractivity contribution is 0.0745. The van der Waals surface area contributed by atoms with Crippen LogP contribution in [0.2, 0.25) is 0 Å². The van der Waals surface area contributed by atoms with Crippen molar-refractivity contribution in [1.82, 2.24) is 9.88 Å². The molecule has 0 atom stereocenters. The summed E-state index contributed by atoms with van der Waals surface area (Å²) >= 11 is 0. The Labute approximate surface area is 91.1 Å². The number of rotatable bonds is 2. The first kappa shape index (κ1) is 11.7. The molecule has 0 aliphatic rings. The van der Waals surface area contributed by atoms with E-state index < -0.39 is 0 Å². The molecule has 1 amide bonds. The smallest absolute Gasteiger partial charge is 0.253 e. The Balaban J connectivity index is 2.70. The van der Waals surface area contributed by atoms with Gasteiger partial charge in [0.15, 0.2) is 0 Å². The monoisotopic (exact) mass is 206 g/mol. The lowest BCUT2D eigenvalue weighted by Gasteiger charge is -2.26. The highest BCUT2D eigenvalue weighted by Crippen LogP contribution is 2.15. The Morgan fingerprint density at radius 1 is 1.33 bits per heavy atom. The molecule has 3 nitrogen and oxygen atoms in total. The van der Waals surface area contributed by atoms with Crippen LogP contribution in [0.4, 0.5) is 0 Å². The van der Waals surface area contributed by atoms with Crippen LogP contribution in [0.15, 0.2) is 24.5 Å². The molecule has 1 aromatic rings. The Kier molecular flexibility index (Phi) is 3.45. The lowest BCUT2D eigenvalue weighted by Crippen LogP contribution is -2.34. The summed E-state index contributed by atoms with van der Waals surface area (Å²) in [6.07, 6.45) is 3.27. The predicted molar refractivity (Wildman–Crippen MR) is 60.7 cm³/mol. The van der Waals surface area contributed by atoms with Crippen molar-refractivity contribution in [2.75, 3.05) is 13.6 Å². The zero-order valence-corrected chi connectivity index (χ0v) is 9.82. The molecule has 0 N–H and O–H groups in total. The van der Waals surface area contributed by atoms with Gasteiger partial charge in [-0.15, -0.1) is 0 Å². The number of hydrogen-bond acceptors (Lipinski definition) is 2. The third kappa shape index (κ3) is 3.70. The molecule has 0 aliphatic heterocycles. The molecule has 0 aromatic carbocycles. The number of hydrogen-bond donors (Lipinski definition) is 0. The zero-order valence-electron chi connectivity index (χ0n) is 9.82. The summed E-state index contributed by atoms with van der Waals surface area (Å²) in [5.74, 6) is 0.0484. The van der Waals surface area contributed by atoms with Crippen molar-refractivity contribution in [1.29, 1.82) is 0 Å². The molecule has 0 radical (unpaired) electrons. The van der Waals surface area contributed by atoms with Crippen molar-refractivity contribution in [3.8, 4) is 0 Å². The number of nitrogens with zero attached hydrogens (tertiary/aromatic N) is 2. The van der Waals surface area contributed by atoms with Gasteiger partial charge in [-0.25, -0.2) is 0 Å². The molecule has 0 saturated carbocycles. The van der Waals surface area contributed by atoms with E-state index in [4.69, 9.17) is 0 Å². The molecule has 1 heterocycles. The van der Waals surface area contributed by atoms with Crippen LogP contribution in [-0.4, -0.2) is 29.4 Å². The van der Waals surface area contributed by atoms with E-state index in [9.17, 15) is 4.79 Å². The molecular weight excluding hydrogens is 188 g/mol. The fourth-order valence-corrected chi connectivity index (χ4v) is 1.50. The van der Waals surface area contributed by atoms with Gasteiger partial charge in [-0.2, -0.15) is 0 Å². The number of pyridine rings is 1. The maximum atomic E-state index is 11.9. The summed E-state index contributed by atoms with van der Waals surface area (Å²) in [6, 6.07) is 3.48. The first-order valence-corrected chi connectivity index (χ1v) is 5.06. The topological polar surface area (TPSA) is 33.2 Å². The summed E-state index contributed by atoms with van der Waals surface area (Å²) in [7, 11) is 1.83. The van der Waals surface area contributed by atoms with Crippen molar-refractivity contribution in [3.05, 3.63) is 30.1 Å². The molecule has 0 saturated heterocycles. The van der Waals surface area contributed by atoms with E-state index in [0.29, 0.717) is 5.56 Å². The fourth-order valence-electron chi connectivity index (χ4n) is 1.50. The third-order valence-electron chi connectivity index (χ3n) is 1.99. The average molecular weight is 206 g/mol. The molecule has 0 aliphatic carbocycles. The second kappa shape index (κ2) is 4.43. The van der Waals surface area contributed by atoms with Crippen LogP contribution >= 0.6 is 0 Å². The number of carbonyl (C=O) groups is 1. The van der Waals surface area contributed by atoms with Gasteiger partial charge in [0.1, 0.15) is 0 Å². The predicted octanol–water partition coefficient (Wildman–Crippen LogP) is 2.20. The average Bonchev–Trinajstić information content (AvgIpc) is 2.15. The first-order valence-electron chi connectivity index (χ1n) is 5.06. The van der Waals surface area contributed by atoms with E-state index in [1.54, 1.807) is 29.4 Å². The van der Waals surface area contributed by atoms with Gasteiger partial charge in [-0.3, -0.25) is 9.78 Å². The molecule has 0 bridgehead atoms. The van der Waals surface area contributed by atoms with Gasteiger partial charge < -0.3 is 4.90 Å². The maximum Gasteiger partial charge on any atom is 0.253 e. The normalized spacial score (nSPS) is 11.2. The molecule has 82 valence electrons. The Bertz CT molecular complexity index is 327. The summed E-state index contributed by atoms with van der Waals surface area (Å²) in [6.45, 7) is 7.09. The van der Waals surface area contributed by atoms with Crippen LogP contribution in [0.25, 0.3) is 0 Å². The number of aromatic nitrogens is 1. The highest BCUT2D eigenvalue weighted by molar-refractivity contribution is 5.93. The molecule has 0 spiro atoms. The van der Waals surface area contributed by atoms with E-state index in [-0.39, 0.29) is 11.3 Å². The van der Waals surface area contributed by atoms with Gasteiger partial charge in [0.25, 0.3) is 5.91 Å². The summed E-state index contributed by atoms with van der Waals surface area (Å²) in [5, 5.41) is 0. The lowest BCUT2D eigenvalue weighted by atomic mass is 9.96. The Morgan fingerprint density at radius 2 is 1.87 bits per heavy atom. The van der Waals surface area contributed by atoms with Crippen molar-refractivity contribution in [2.45, 2.75) is 20.8 Å². The van der Waals surface area contributed by atoms with Crippen LogP contribution in [0, 0.1) is 5.41 Å². The largest absolute Gasteiger partial charge is 0.341 e. The number of carbonyl (C=O) groups excluding carboxylic acids is 1. The van der Waals surface area contributed by atoms with E-state index >= 15 is 0 Å². The van der Waals surface area contributed by atoms with Gasteiger partial charge in [-0.1, -0.05) is 20.8 Å². The van der Waals surface area contributed by atoms with Gasteiger partial charge in [0.05, 0.1) is 0 Å². The molecule has 0 fully saturated rings. The highest BCUT2D eigenvalue weighted by atomic mass is 16.2. The van der Waals surface area contributed by atoms with Gasteiger partial charge >= 0.3 is 0 Å². The summed E-state index contributed by atoms with van der Waals surface area (Å²) < 4.78 is 0. The van der Waals surface area contributed by atoms with Gasteiger partial charge in [-0.05, 0) is 17.5 Å². The van der Waals surface area contributed by atoms with Crippen LogP contribution in [0.5, 0.6) is 0 Å². The van der Waals surface area contributed by atoms with Crippen LogP contribution in [0.1, 0.15) is 31.1 Å². The molecule has 1 rings (SSSR count). The van der Waals surface area contributed by atoms with Crippen LogP contribution in [-0.2, 0) is 0 Å². The standard InChI is InChI=1S/C12H18N2O/c1-12(2,3)9-14(4)11(15)10-5-7-13-8-6-10/h5-8H,9H2,1-4H3. The van der Waals surface area contributed by atoms with E-state index in [2.05, 4.69) is 25.8 Å². The van der Waals surface area contributed by atoms with Gasteiger partial charge in [0.2, 0.25) is 0 Å². The van der Waals surface area contributed by atoms with Crippen molar-refractivity contribution in [2.24, 2.45) is 5.41 Å². The Hall–Kier alpha value is -1.38. The van der Waals surface area contributed by atoms with Crippen LogP contribution in [0.3, 0.4) is 0 Å². The first-order chi connectivity index (χ1) is 6.90. The second-order valence-electron chi connectivity index (χ2n) is 4.96. The molecular formula is C12H18N2O. The second-order valence-corrected chi connectivity index (χ2v) is 4.96. The van der Waals surface area contributed by atoms with E-state index in [0.717, 1.165) is 6.54 Å². The van der Waals surface area contributed by atoms with E-state index in [1.807, 2.05) is 7.05 Å². The van der Waals surface area contributed by atoms with Crippen molar-refractivity contribution in [3.63, 3.8) is 0 Å². The van der Waals surface area contributed by atoms with Crippen molar-refractivity contribution >= 4 is 5.91 Å². The minimum absolute atomic E-state index is 0.0484. The molecule has 3 heteroatoms. The SMILES string of the molecule is CN(CC(C)(C)C)C(=O)c1ccncc1.